The van der Waals surface area contributed by atoms with Crippen molar-refractivity contribution < 1.29 is 9.84 Å². The van der Waals surface area contributed by atoms with Crippen LogP contribution in [-0.4, -0.2) is 5.11 Å². The van der Waals surface area contributed by atoms with Gasteiger partial charge in [0.05, 0.1) is 0 Å². The Morgan fingerprint density at radius 3 is 2.42 bits per heavy atom. The number of phenolic OH excluding ortho intramolecular Hbond substituents is 1. The van der Waals surface area contributed by atoms with Gasteiger partial charge in [-0.15, -0.1) is 0 Å². The Hall–Kier alpha value is -2.46. The second kappa shape index (κ2) is 7.88. The molecule has 3 rings (SSSR count). The maximum absolute atomic E-state index is 9.85. The summed E-state index contributed by atoms with van der Waals surface area (Å²) in [5, 5.41) is 13.1. The van der Waals surface area contributed by atoms with E-state index in [1.807, 2.05) is 66.7 Å². The van der Waals surface area contributed by atoms with Gasteiger partial charge in [-0.25, -0.2) is 0 Å². The summed E-state index contributed by atoms with van der Waals surface area (Å²) in [5.41, 5.74) is 2.96. The van der Waals surface area contributed by atoms with Crippen molar-refractivity contribution in [1.29, 1.82) is 0 Å². The molecular weight excluding hydrogens is 366 g/mol. The fourth-order valence-corrected chi connectivity index (χ4v) is 2.71. The molecule has 0 heterocycles. The number of halogens is 1. The standard InChI is InChI=1S/C20H18BrNO2/c21-17-6-11-20(23)16(12-17)13-22-18-7-9-19(10-8-18)24-14-15-4-2-1-3-5-15/h1-12,22-23H,13-14H2. The van der Waals surface area contributed by atoms with Crippen LogP contribution in [0.15, 0.2) is 77.3 Å². The van der Waals surface area contributed by atoms with Crippen LogP contribution < -0.4 is 10.1 Å². The third kappa shape index (κ3) is 4.52. The van der Waals surface area contributed by atoms with Gasteiger partial charge in [-0.3, -0.25) is 0 Å². The molecular formula is C20H18BrNO2. The van der Waals surface area contributed by atoms with Crippen molar-refractivity contribution in [3.8, 4) is 11.5 Å². The van der Waals surface area contributed by atoms with Crippen molar-refractivity contribution in [3.05, 3.63) is 88.4 Å². The quantitative estimate of drug-likeness (QED) is 0.602. The zero-order valence-electron chi connectivity index (χ0n) is 13.1. The third-order valence-electron chi connectivity index (χ3n) is 3.63. The van der Waals surface area contributed by atoms with Crippen LogP contribution in [0.4, 0.5) is 5.69 Å². The summed E-state index contributed by atoms with van der Waals surface area (Å²) in [5.74, 6) is 1.11. The highest BCUT2D eigenvalue weighted by Crippen LogP contribution is 2.23. The first-order valence-corrected chi connectivity index (χ1v) is 8.48. The molecule has 0 bridgehead atoms. The average Bonchev–Trinajstić information content (AvgIpc) is 2.62. The van der Waals surface area contributed by atoms with Gasteiger partial charge in [-0.1, -0.05) is 46.3 Å². The van der Waals surface area contributed by atoms with Crippen LogP contribution in [0.3, 0.4) is 0 Å². The molecule has 3 aromatic rings. The van der Waals surface area contributed by atoms with E-state index in [1.165, 1.54) is 0 Å². The Morgan fingerprint density at radius 1 is 0.917 bits per heavy atom. The SMILES string of the molecule is Oc1ccc(Br)cc1CNc1ccc(OCc2ccccc2)cc1. The first-order chi connectivity index (χ1) is 11.7. The number of hydrogen-bond donors (Lipinski definition) is 2. The van der Waals surface area contributed by atoms with Crippen molar-refractivity contribution >= 4 is 21.6 Å². The summed E-state index contributed by atoms with van der Waals surface area (Å²) in [4.78, 5) is 0. The van der Waals surface area contributed by atoms with Crippen molar-refractivity contribution in [1.82, 2.24) is 0 Å². The lowest BCUT2D eigenvalue weighted by Crippen LogP contribution is -2.00. The predicted molar refractivity (Wildman–Crippen MR) is 100 cm³/mol. The minimum Gasteiger partial charge on any atom is -0.508 e. The van der Waals surface area contributed by atoms with Crippen molar-refractivity contribution in [2.24, 2.45) is 0 Å². The van der Waals surface area contributed by atoms with Crippen LogP contribution in [0.2, 0.25) is 0 Å². The summed E-state index contributed by atoms with van der Waals surface area (Å²) in [6, 6.07) is 23.3. The summed E-state index contributed by atoms with van der Waals surface area (Å²) in [7, 11) is 0. The molecule has 0 aliphatic rings. The lowest BCUT2D eigenvalue weighted by Gasteiger charge is -2.10. The molecule has 0 spiro atoms. The molecule has 0 amide bonds. The van der Waals surface area contributed by atoms with Crippen LogP contribution in [0.5, 0.6) is 11.5 Å². The summed E-state index contributed by atoms with van der Waals surface area (Å²) >= 11 is 3.41. The Morgan fingerprint density at radius 2 is 1.67 bits per heavy atom. The van der Waals surface area contributed by atoms with E-state index in [0.717, 1.165) is 27.0 Å². The Balaban J connectivity index is 1.55. The van der Waals surface area contributed by atoms with E-state index < -0.39 is 0 Å². The third-order valence-corrected chi connectivity index (χ3v) is 4.12. The topological polar surface area (TPSA) is 41.5 Å². The maximum atomic E-state index is 9.85. The average molecular weight is 384 g/mol. The zero-order valence-corrected chi connectivity index (χ0v) is 14.7. The molecule has 0 radical (unpaired) electrons. The number of nitrogens with one attached hydrogen (secondary N) is 1. The largest absolute Gasteiger partial charge is 0.508 e. The van der Waals surface area contributed by atoms with Gasteiger partial charge in [-0.2, -0.15) is 0 Å². The molecule has 24 heavy (non-hydrogen) atoms. The number of benzene rings is 3. The first-order valence-electron chi connectivity index (χ1n) is 7.69. The molecule has 0 aliphatic carbocycles. The van der Waals surface area contributed by atoms with Crippen LogP contribution in [0.25, 0.3) is 0 Å². The zero-order chi connectivity index (χ0) is 16.8. The molecule has 3 aromatic carbocycles. The van der Waals surface area contributed by atoms with Crippen molar-refractivity contribution in [2.75, 3.05) is 5.32 Å². The smallest absolute Gasteiger partial charge is 0.120 e. The van der Waals surface area contributed by atoms with Crippen molar-refractivity contribution in [2.45, 2.75) is 13.2 Å². The van der Waals surface area contributed by atoms with E-state index in [-0.39, 0.29) is 5.75 Å². The van der Waals surface area contributed by atoms with Gasteiger partial charge >= 0.3 is 0 Å². The van der Waals surface area contributed by atoms with Gasteiger partial charge in [0.2, 0.25) is 0 Å². The molecule has 2 N–H and O–H groups in total. The van der Waals surface area contributed by atoms with E-state index >= 15 is 0 Å². The minimum atomic E-state index is 0.286. The molecule has 122 valence electrons. The highest BCUT2D eigenvalue weighted by molar-refractivity contribution is 9.10. The highest BCUT2D eigenvalue weighted by atomic mass is 79.9. The monoisotopic (exact) mass is 383 g/mol. The van der Waals surface area contributed by atoms with E-state index in [2.05, 4.69) is 21.2 Å². The summed E-state index contributed by atoms with van der Waals surface area (Å²) in [6.07, 6.45) is 0. The molecule has 4 heteroatoms. The van der Waals surface area contributed by atoms with Crippen molar-refractivity contribution in [3.63, 3.8) is 0 Å². The second-order valence-corrected chi connectivity index (χ2v) is 6.34. The predicted octanol–water partition coefficient (Wildman–Crippen LogP) is 5.35. The van der Waals surface area contributed by atoms with Crippen LogP contribution >= 0.6 is 15.9 Å². The van der Waals surface area contributed by atoms with Crippen LogP contribution in [-0.2, 0) is 13.2 Å². The normalized spacial score (nSPS) is 10.4. The number of hydrogen-bond acceptors (Lipinski definition) is 3. The molecule has 0 saturated carbocycles. The first kappa shape index (κ1) is 16.4. The minimum absolute atomic E-state index is 0.286. The Kier molecular flexibility index (Phi) is 5.39. The number of ether oxygens (including phenoxy) is 1. The molecule has 0 aromatic heterocycles. The highest BCUT2D eigenvalue weighted by Gasteiger charge is 2.02. The maximum Gasteiger partial charge on any atom is 0.120 e. The fourth-order valence-electron chi connectivity index (χ4n) is 2.30. The molecule has 0 fully saturated rings. The van der Waals surface area contributed by atoms with Gasteiger partial charge in [0.1, 0.15) is 18.1 Å². The van der Waals surface area contributed by atoms with Gasteiger partial charge in [0.15, 0.2) is 0 Å². The Bertz CT molecular complexity index is 788. The number of rotatable bonds is 6. The van der Waals surface area contributed by atoms with Gasteiger partial charge in [-0.05, 0) is 48.0 Å². The van der Waals surface area contributed by atoms with Gasteiger partial charge < -0.3 is 15.2 Å². The molecule has 0 atom stereocenters. The Labute approximate surface area is 150 Å². The van der Waals surface area contributed by atoms with E-state index in [4.69, 9.17) is 4.74 Å². The molecule has 0 saturated heterocycles. The van der Waals surface area contributed by atoms with Gasteiger partial charge in [0, 0.05) is 22.3 Å². The number of aromatic hydroxyl groups is 1. The fraction of sp³-hybridized carbons (Fsp3) is 0.100. The molecule has 0 aliphatic heterocycles. The summed E-state index contributed by atoms with van der Waals surface area (Å²) in [6.45, 7) is 1.11. The van der Waals surface area contributed by atoms with E-state index in [1.54, 1.807) is 6.07 Å². The molecule has 0 unspecified atom stereocenters. The van der Waals surface area contributed by atoms with Crippen LogP contribution in [0.1, 0.15) is 11.1 Å². The number of phenols is 1. The second-order valence-electron chi connectivity index (χ2n) is 5.43. The van der Waals surface area contributed by atoms with E-state index in [9.17, 15) is 5.11 Å². The molecule has 3 nitrogen and oxygen atoms in total. The lowest BCUT2D eigenvalue weighted by atomic mass is 10.2. The number of anilines is 1. The van der Waals surface area contributed by atoms with Gasteiger partial charge in [0.25, 0.3) is 0 Å². The van der Waals surface area contributed by atoms with Crippen LogP contribution in [0, 0.1) is 0 Å². The summed E-state index contributed by atoms with van der Waals surface area (Å²) < 4.78 is 6.72. The lowest BCUT2D eigenvalue weighted by molar-refractivity contribution is 0.306. The van der Waals surface area contributed by atoms with E-state index in [0.29, 0.717) is 13.2 Å².